The van der Waals surface area contributed by atoms with Crippen LogP contribution in [-0.2, 0) is 0 Å². The lowest BCUT2D eigenvalue weighted by molar-refractivity contribution is 0.0756. The number of hydrogen-bond donors (Lipinski definition) is 0. The summed E-state index contributed by atoms with van der Waals surface area (Å²) in [6.07, 6.45) is 3.69. The number of thiophene rings is 1. The van der Waals surface area contributed by atoms with Crippen LogP contribution >= 0.6 is 34.9 Å². The fraction of sp³-hybridized carbons (Fsp3) is 0.286. The first kappa shape index (κ1) is 14.0. The molecule has 0 radical (unpaired) electrons. The number of aromatic nitrogens is 1. The van der Waals surface area contributed by atoms with Crippen molar-refractivity contribution in [3.8, 4) is 0 Å². The van der Waals surface area contributed by atoms with Crippen molar-refractivity contribution in [2.75, 3.05) is 18.6 Å². The molecule has 0 N–H and O–H groups in total. The Balaban J connectivity index is 1.90. The van der Waals surface area contributed by atoms with Crippen LogP contribution in [-0.4, -0.2) is 34.3 Å². The Bertz CT molecular complexity index is 600. The van der Waals surface area contributed by atoms with Gasteiger partial charge in [0.2, 0.25) is 0 Å². The predicted octanol–water partition coefficient (Wildman–Crippen LogP) is 3.75. The van der Waals surface area contributed by atoms with E-state index < -0.39 is 0 Å². The highest BCUT2D eigenvalue weighted by molar-refractivity contribution is 7.99. The van der Waals surface area contributed by atoms with Gasteiger partial charge in [0, 0.05) is 18.5 Å². The van der Waals surface area contributed by atoms with E-state index in [0.717, 1.165) is 17.3 Å². The summed E-state index contributed by atoms with van der Waals surface area (Å²) in [5.41, 5.74) is 1.93. The summed E-state index contributed by atoms with van der Waals surface area (Å²) in [7, 11) is 0. The molecule has 6 heteroatoms. The van der Waals surface area contributed by atoms with Gasteiger partial charge in [0.15, 0.2) is 0 Å². The number of hydrogen-bond acceptors (Lipinski definition) is 5. The van der Waals surface area contributed by atoms with Crippen molar-refractivity contribution >= 4 is 40.8 Å². The Labute approximate surface area is 130 Å². The van der Waals surface area contributed by atoms with E-state index in [1.165, 1.54) is 17.3 Å². The average Bonchev–Trinajstić information content (AvgIpc) is 3.16. The molecule has 2 aromatic heterocycles. The van der Waals surface area contributed by atoms with E-state index in [0.29, 0.717) is 5.56 Å². The van der Waals surface area contributed by atoms with Gasteiger partial charge in [-0.2, -0.15) is 11.3 Å². The molecule has 1 aliphatic heterocycles. The van der Waals surface area contributed by atoms with Crippen LogP contribution in [0.2, 0.25) is 0 Å². The number of amides is 1. The minimum absolute atomic E-state index is 0.0867. The van der Waals surface area contributed by atoms with E-state index >= 15 is 0 Å². The number of rotatable bonds is 3. The van der Waals surface area contributed by atoms with Gasteiger partial charge in [-0.15, -0.1) is 23.5 Å². The number of thioether (sulfide) groups is 2. The Morgan fingerprint density at radius 1 is 1.50 bits per heavy atom. The van der Waals surface area contributed by atoms with Crippen molar-refractivity contribution in [3.63, 3.8) is 0 Å². The van der Waals surface area contributed by atoms with Gasteiger partial charge >= 0.3 is 0 Å². The molecule has 0 bridgehead atoms. The zero-order chi connectivity index (χ0) is 13.9. The van der Waals surface area contributed by atoms with Gasteiger partial charge in [0.25, 0.3) is 5.91 Å². The third kappa shape index (κ3) is 2.60. The molecule has 1 atom stereocenters. The van der Waals surface area contributed by atoms with Crippen molar-refractivity contribution in [1.29, 1.82) is 0 Å². The molecule has 104 valence electrons. The monoisotopic (exact) mass is 322 g/mol. The maximum absolute atomic E-state index is 12.8. The molecular formula is C14H14N2OS3. The van der Waals surface area contributed by atoms with E-state index in [1.807, 2.05) is 35.1 Å². The van der Waals surface area contributed by atoms with Crippen LogP contribution in [0.3, 0.4) is 0 Å². The fourth-order valence-electron chi connectivity index (χ4n) is 2.24. The lowest BCUT2D eigenvalue weighted by Crippen LogP contribution is -2.30. The van der Waals surface area contributed by atoms with E-state index in [9.17, 15) is 4.79 Å². The Morgan fingerprint density at radius 3 is 3.15 bits per heavy atom. The van der Waals surface area contributed by atoms with Gasteiger partial charge < -0.3 is 4.90 Å². The number of nitrogens with zero attached hydrogens (tertiary/aromatic N) is 2. The van der Waals surface area contributed by atoms with Crippen LogP contribution < -0.4 is 0 Å². The Hall–Kier alpha value is -0.980. The molecule has 3 nitrogen and oxygen atoms in total. The first-order chi connectivity index (χ1) is 9.81. The van der Waals surface area contributed by atoms with Gasteiger partial charge in [0.1, 0.15) is 10.4 Å². The summed E-state index contributed by atoms with van der Waals surface area (Å²) in [5.74, 6) is 1.07. The van der Waals surface area contributed by atoms with Gasteiger partial charge in [0.05, 0.1) is 5.56 Å². The van der Waals surface area contributed by atoms with E-state index in [2.05, 4.69) is 21.8 Å². The molecule has 1 aliphatic rings. The molecule has 1 saturated heterocycles. The molecule has 0 saturated carbocycles. The molecule has 3 heterocycles. The first-order valence-electron chi connectivity index (χ1n) is 6.25. The minimum atomic E-state index is 0.0867. The predicted molar refractivity (Wildman–Crippen MR) is 86.6 cm³/mol. The molecule has 1 amide bonds. The SMILES string of the molecule is CSc1ncccc1C(=O)N1CCS[C@@H]1c1ccsc1. The summed E-state index contributed by atoms with van der Waals surface area (Å²) in [6, 6.07) is 5.80. The van der Waals surface area contributed by atoms with Gasteiger partial charge in [-0.3, -0.25) is 4.79 Å². The maximum Gasteiger partial charge on any atom is 0.257 e. The van der Waals surface area contributed by atoms with Crippen LogP contribution in [0.5, 0.6) is 0 Å². The van der Waals surface area contributed by atoms with Crippen LogP contribution in [0.4, 0.5) is 0 Å². The van der Waals surface area contributed by atoms with E-state index in [1.54, 1.807) is 17.5 Å². The van der Waals surface area contributed by atoms with Crippen molar-refractivity contribution in [3.05, 3.63) is 46.3 Å². The van der Waals surface area contributed by atoms with Crippen molar-refractivity contribution in [2.24, 2.45) is 0 Å². The summed E-state index contributed by atoms with van der Waals surface area (Å²) in [6.45, 7) is 0.798. The average molecular weight is 322 g/mol. The summed E-state index contributed by atoms with van der Waals surface area (Å²) in [5, 5.41) is 5.14. The van der Waals surface area contributed by atoms with Gasteiger partial charge in [-0.05, 0) is 40.8 Å². The quantitative estimate of drug-likeness (QED) is 0.806. The normalized spacial score (nSPS) is 18.4. The second-order valence-corrected chi connectivity index (χ2v) is 7.10. The van der Waals surface area contributed by atoms with Gasteiger partial charge in [-0.1, -0.05) is 0 Å². The molecule has 0 spiro atoms. The van der Waals surface area contributed by atoms with Crippen molar-refractivity contribution < 1.29 is 4.79 Å². The maximum atomic E-state index is 12.8. The van der Waals surface area contributed by atoms with Crippen molar-refractivity contribution in [1.82, 2.24) is 9.88 Å². The second-order valence-electron chi connectivity index (χ2n) is 4.34. The molecule has 2 aromatic rings. The highest BCUT2D eigenvalue weighted by atomic mass is 32.2. The molecular weight excluding hydrogens is 308 g/mol. The Morgan fingerprint density at radius 2 is 2.40 bits per heavy atom. The zero-order valence-electron chi connectivity index (χ0n) is 11.0. The highest BCUT2D eigenvalue weighted by Crippen LogP contribution is 2.40. The molecule has 0 aromatic carbocycles. The fourth-order valence-corrected chi connectivity index (χ4v) is 4.79. The topological polar surface area (TPSA) is 33.2 Å². The molecule has 20 heavy (non-hydrogen) atoms. The zero-order valence-corrected chi connectivity index (χ0v) is 13.4. The largest absolute Gasteiger partial charge is 0.322 e. The molecule has 1 fully saturated rings. The van der Waals surface area contributed by atoms with Crippen LogP contribution in [0.15, 0.2) is 40.2 Å². The third-order valence-corrected chi connectivity index (χ3v) is 5.85. The smallest absolute Gasteiger partial charge is 0.257 e. The molecule has 0 aliphatic carbocycles. The van der Waals surface area contributed by atoms with Crippen LogP contribution in [0.25, 0.3) is 0 Å². The van der Waals surface area contributed by atoms with E-state index in [4.69, 9.17) is 0 Å². The number of pyridine rings is 1. The lowest BCUT2D eigenvalue weighted by Gasteiger charge is -2.23. The minimum Gasteiger partial charge on any atom is -0.322 e. The lowest BCUT2D eigenvalue weighted by atomic mass is 10.2. The second kappa shape index (κ2) is 6.20. The highest BCUT2D eigenvalue weighted by Gasteiger charge is 2.32. The summed E-state index contributed by atoms with van der Waals surface area (Å²) >= 11 is 5.02. The summed E-state index contributed by atoms with van der Waals surface area (Å²) < 4.78 is 0. The summed E-state index contributed by atoms with van der Waals surface area (Å²) in [4.78, 5) is 19.0. The van der Waals surface area contributed by atoms with Gasteiger partial charge in [-0.25, -0.2) is 4.98 Å². The number of carbonyl (C=O) groups is 1. The van der Waals surface area contributed by atoms with E-state index in [-0.39, 0.29) is 11.3 Å². The molecule has 3 rings (SSSR count). The first-order valence-corrected chi connectivity index (χ1v) is 9.46. The standard InChI is InChI=1S/C14H14N2OS3/c1-18-12-11(3-2-5-15-12)13(17)16-6-8-20-14(16)10-4-7-19-9-10/h2-5,7,9,14H,6,8H2,1H3/t14-/m1/s1. The van der Waals surface area contributed by atoms with Crippen LogP contribution in [0.1, 0.15) is 21.3 Å². The Kier molecular flexibility index (Phi) is 4.33. The molecule has 0 unspecified atom stereocenters. The number of carbonyl (C=O) groups excluding carboxylic acids is 1. The van der Waals surface area contributed by atoms with Crippen molar-refractivity contribution in [2.45, 2.75) is 10.4 Å². The van der Waals surface area contributed by atoms with Crippen LogP contribution in [0, 0.1) is 0 Å². The third-order valence-electron chi connectivity index (χ3n) is 3.18.